The van der Waals surface area contributed by atoms with E-state index >= 15 is 0 Å². The normalized spacial score (nSPS) is 57.3. The van der Waals surface area contributed by atoms with Crippen LogP contribution in [-0.4, -0.2) is 10.7 Å². The highest BCUT2D eigenvalue weighted by atomic mass is 16.3. The van der Waals surface area contributed by atoms with E-state index in [1.54, 1.807) is 0 Å². The Balaban J connectivity index is 1.88. The molecule has 3 rings (SSSR count). The number of fused-ring (bicyclic) bond motifs is 1. The fraction of sp³-hybridized carbons (Fsp3) is 1.00. The molecule has 3 aliphatic carbocycles. The fourth-order valence-electron chi connectivity index (χ4n) is 3.40. The van der Waals surface area contributed by atoms with Gasteiger partial charge in [0.1, 0.15) is 0 Å². The van der Waals surface area contributed by atoms with Crippen LogP contribution in [0, 0.1) is 17.3 Å². The van der Waals surface area contributed by atoms with Crippen molar-refractivity contribution in [3.8, 4) is 0 Å². The average molecular weight is 152 g/mol. The summed E-state index contributed by atoms with van der Waals surface area (Å²) in [6.07, 6.45) is 6.52. The van der Waals surface area contributed by atoms with Crippen LogP contribution in [0.3, 0.4) is 0 Å². The molecule has 0 aromatic heterocycles. The largest absolute Gasteiger partial charge is 0.389 e. The van der Waals surface area contributed by atoms with Gasteiger partial charge in [0.2, 0.25) is 0 Å². The lowest BCUT2D eigenvalue weighted by Gasteiger charge is -2.21. The summed E-state index contributed by atoms with van der Waals surface area (Å²) in [5, 5.41) is 10.3. The van der Waals surface area contributed by atoms with E-state index < -0.39 is 0 Å². The van der Waals surface area contributed by atoms with Gasteiger partial charge in [-0.1, -0.05) is 13.3 Å². The van der Waals surface area contributed by atoms with E-state index in [1.807, 2.05) is 0 Å². The average Bonchev–Trinajstić information content (AvgIpc) is 2.80. The van der Waals surface area contributed by atoms with Gasteiger partial charge in [0.15, 0.2) is 0 Å². The molecule has 0 aliphatic heterocycles. The van der Waals surface area contributed by atoms with Gasteiger partial charge in [-0.3, -0.25) is 0 Å². The van der Waals surface area contributed by atoms with Crippen LogP contribution >= 0.6 is 0 Å². The van der Waals surface area contributed by atoms with Crippen molar-refractivity contribution in [1.29, 1.82) is 0 Å². The molecule has 3 saturated carbocycles. The summed E-state index contributed by atoms with van der Waals surface area (Å²) < 4.78 is 0. The zero-order valence-corrected chi connectivity index (χ0v) is 7.14. The zero-order chi connectivity index (χ0) is 7.69. The first kappa shape index (κ1) is 6.47. The van der Waals surface area contributed by atoms with E-state index in [-0.39, 0.29) is 5.60 Å². The van der Waals surface area contributed by atoms with Crippen molar-refractivity contribution >= 4 is 0 Å². The smallest absolute Gasteiger partial charge is 0.0764 e. The van der Waals surface area contributed by atoms with Crippen LogP contribution in [0.2, 0.25) is 0 Å². The molecule has 62 valence electrons. The SMILES string of the molecule is CC1(C2(O)C3CCCC32)CC1. The van der Waals surface area contributed by atoms with Crippen molar-refractivity contribution in [1.82, 2.24) is 0 Å². The van der Waals surface area contributed by atoms with Crippen molar-refractivity contribution in [2.45, 2.75) is 44.6 Å². The molecule has 0 heterocycles. The van der Waals surface area contributed by atoms with Gasteiger partial charge in [-0.15, -0.1) is 0 Å². The monoisotopic (exact) mass is 152 g/mol. The molecule has 1 N–H and O–H groups in total. The van der Waals surface area contributed by atoms with Gasteiger partial charge in [-0.2, -0.15) is 0 Å². The standard InChI is InChI=1S/C10H16O/c1-9(5-6-9)10(11)7-3-2-4-8(7)10/h7-8,11H,2-6H2,1H3. The van der Waals surface area contributed by atoms with E-state index in [0.29, 0.717) is 17.3 Å². The highest BCUT2D eigenvalue weighted by molar-refractivity contribution is 5.25. The molecule has 3 fully saturated rings. The van der Waals surface area contributed by atoms with E-state index in [1.165, 1.54) is 32.1 Å². The molecule has 0 aromatic rings. The Hall–Kier alpha value is -0.0400. The van der Waals surface area contributed by atoms with Crippen LogP contribution in [0.5, 0.6) is 0 Å². The van der Waals surface area contributed by atoms with Gasteiger partial charge < -0.3 is 5.11 Å². The summed E-state index contributed by atoms with van der Waals surface area (Å²) >= 11 is 0. The van der Waals surface area contributed by atoms with Gasteiger partial charge in [-0.25, -0.2) is 0 Å². The van der Waals surface area contributed by atoms with Crippen molar-refractivity contribution < 1.29 is 5.11 Å². The lowest BCUT2D eigenvalue weighted by Crippen LogP contribution is -2.26. The molecule has 0 radical (unpaired) electrons. The van der Waals surface area contributed by atoms with E-state index in [0.717, 1.165) is 0 Å². The second-order valence-electron chi connectivity index (χ2n) is 5.03. The number of aliphatic hydroxyl groups is 1. The number of hydrogen-bond acceptors (Lipinski definition) is 1. The van der Waals surface area contributed by atoms with Gasteiger partial charge >= 0.3 is 0 Å². The second-order valence-corrected chi connectivity index (χ2v) is 5.03. The molecule has 2 unspecified atom stereocenters. The van der Waals surface area contributed by atoms with Gasteiger partial charge in [0, 0.05) is 0 Å². The third kappa shape index (κ3) is 0.547. The number of hydrogen-bond donors (Lipinski definition) is 1. The summed E-state index contributed by atoms with van der Waals surface area (Å²) in [6, 6.07) is 0. The summed E-state index contributed by atoms with van der Waals surface area (Å²) in [7, 11) is 0. The molecule has 1 heteroatoms. The van der Waals surface area contributed by atoms with Gasteiger partial charge in [0.05, 0.1) is 5.60 Å². The molecule has 0 amide bonds. The third-order valence-electron chi connectivity index (χ3n) is 4.50. The zero-order valence-electron chi connectivity index (χ0n) is 7.14. The van der Waals surface area contributed by atoms with E-state index in [4.69, 9.17) is 0 Å². The minimum absolute atomic E-state index is 0.189. The lowest BCUT2D eigenvalue weighted by molar-refractivity contribution is 0.0377. The Morgan fingerprint density at radius 1 is 1.18 bits per heavy atom. The van der Waals surface area contributed by atoms with Crippen LogP contribution in [-0.2, 0) is 0 Å². The molecule has 2 atom stereocenters. The van der Waals surface area contributed by atoms with Crippen molar-refractivity contribution in [3.05, 3.63) is 0 Å². The summed E-state index contributed by atoms with van der Waals surface area (Å²) in [5.74, 6) is 1.41. The molecule has 0 spiro atoms. The molecule has 11 heavy (non-hydrogen) atoms. The Labute approximate surface area is 67.8 Å². The molecule has 0 aromatic carbocycles. The molecule has 3 aliphatic rings. The Kier molecular flexibility index (Phi) is 0.893. The van der Waals surface area contributed by atoms with E-state index in [9.17, 15) is 5.11 Å². The summed E-state index contributed by atoms with van der Waals surface area (Å²) in [4.78, 5) is 0. The Morgan fingerprint density at radius 3 is 2.18 bits per heavy atom. The molecule has 0 bridgehead atoms. The van der Waals surface area contributed by atoms with Crippen molar-refractivity contribution in [2.24, 2.45) is 17.3 Å². The second kappa shape index (κ2) is 1.52. The highest BCUT2D eigenvalue weighted by Crippen LogP contribution is 2.74. The van der Waals surface area contributed by atoms with Crippen LogP contribution < -0.4 is 0 Å². The first-order valence-corrected chi connectivity index (χ1v) is 4.91. The number of rotatable bonds is 1. The van der Waals surface area contributed by atoms with Crippen molar-refractivity contribution in [3.63, 3.8) is 0 Å². The summed E-state index contributed by atoms with van der Waals surface area (Å²) in [6.45, 7) is 2.27. The minimum Gasteiger partial charge on any atom is -0.389 e. The third-order valence-corrected chi connectivity index (χ3v) is 4.50. The van der Waals surface area contributed by atoms with Gasteiger partial charge in [0.25, 0.3) is 0 Å². The van der Waals surface area contributed by atoms with Crippen LogP contribution in [0.1, 0.15) is 39.0 Å². The van der Waals surface area contributed by atoms with Crippen molar-refractivity contribution in [2.75, 3.05) is 0 Å². The lowest BCUT2D eigenvalue weighted by atomic mass is 9.92. The molecular weight excluding hydrogens is 136 g/mol. The summed E-state index contributed by atoms with van der Waals surface area (Å²) in [5.41, 5.74) is 0.161. The van der Waals surface area contributed by atoms with Crippen LogP contribution in [0.25, 0.3) is 0 Å². The predicted molar refractivity (Wildman–Crippen MR) is 43.1 cm³/mol. The minimum atomic E-state index is -0.189. The topological polar surface area (TPSA) is 20.2 Å². The van der Waals surface area contributed by atoms with Crippen LogP contribution in [0.4, 0.5) is 0 Å². The first-order chi connectivity index (χ1) is 5.18. The highest BCUT2D eigenvalue weighted by Gasteiger charge is 2.75. The maximum atomic E-state index is 10.3. The fourth-order valence-corrected chi connectivity index (χ4v) is 3.40. The van der Waals surface area contributed by atoms with Crippen LogP contribution in [0.15, 0.2) is 0 Å². The Morgan fingerprint density at radius 2 is 1.73 bits per heavy atom. The predicted octanol–water partition coefficient (Wildman–Crippen LogP) is 1.95. The maximum absolute atomic E-state index is 10.3. The molecule has 0 saturated heterocycles. The molecule has 1 nitrogen and oxygen atoms in total. The maximum Gasteiger partial charge on any atom is 0.0764 e. The molecular formula is C10H16O. The van der Waals surface area contributed by atoms with Gasteiger partial charge in [-0.05, 0) is 42.9 Å². The quantitative estimate of drug-likeness (QED) is 0.609. The first-order valence-electron chi connectivity index (χ1n) is 4.91. The Bertz CT molecular complexity index is 195. The van der Waals surface area contributed by atoms with E-state index in [2.05, 4.69) is 6.92 Å².